The molecule has 2 nitrogen and oxygen atoms in total. The molecule has 19 heavy (non-hydrogen) atoms. The third-order valence-corrected chi connectivity index (χ3v) is 3.67. The Bertz CT molecular complexity index is 574. The van der Waals surface area contributed by atoms with Crippen LogP contribution in [0.25, 0.3) is 0 Å². The Balaban J connectivity index is 1.63. The lowest BCUT2D eigenvalue weighted by molar-refractivity contribution is -0.117. The molecule has 0 saturated heterocycles. The number of carbonyl (C=O) groups excluding carboxylic acids is 1. The number of nitrogens with one attached hydrogen (secondary N) is 1. The van der Waals surface area contributed by atoms with E-state index in [-0.39, 0.29) is 11.8 Å². The summed E-state index contributed by atoms with van der Waals surface area (Å²) in [7, 11) is 0. The van der Waals surface area contributed by atoms with E-state index in [2.05, 4.69) is 17.4 Å². The van der Waals surface area contributed by atoms with Crippen molar-refractivity contribution < 1.29 is 4.79 Å². The van der Waals surface area contributed by atoms with Gasteiger partial charge in [-0.3, -0.25) is 4.79 Å². The van der Waals surface area contributed by atoms with Crippen LogP contribution in [0.3, 0.4) is 0 Å². The zero-order valence-corrected chi connectivity index (χ0v) is 11.0. The van der Waals surface area contributed by atoms with Gasteiger partial charge in [-0.2, -0.15) is 0 Å². The summed E-state index contributed by atoms with van der Waals surface area (Å²) in [5, 5.41) is 2.99. The second-order valence-electron chi connectivity index (χ2n) is 5.21. The molecular weight excluding hydrogens is 234 g/mol. The molecule has 1 amide bonds. The molecule has 0 bridgehead atoms. The molecule has 3 rings (SSSR count). The van der Waals surface area contributed by atoms with Crippen molar-refractivity contribution in [2.45, 2.75) is 19.3 Å². The summed E-state index contributed by atoms with van der Waals surface area (Å²) in [4.78, 5) is 12.1. The van der Waals surface area contributed by atoms with Gasteiger partial charge in [0.1, 0.15) is 0 Å². The molecular formula is C17H17NO. The fraction of sp³-hybridized carbons (Fsp3) is 0.235. The Morgan fingerprint density at radius 2 is 1.74 bits per heavy atom. The molecule has 1 aliphatic carbocycles. The molecule has 2 aromatic rings. The maximum atomic E-state index is 12.1. The lowest BCUT2D eigenvalue weighted by atomic mass is 10.1. The molecule has 0 heterocycles. The van der Waals surface area contributed by atoms with Crippen LogP contribution in [0.5, 0.6) is 0 Å². The van der Waals surface area contributed by atoms with Crippen LogP contribution in [-0.4, -0.2) is 5.91 Å². The van der Waals surface area contributed by atoms with Crippen LogP contribution >= 0.6 is 0 Å². The van der Waals surface area contributed by atoms with Crippen molar-refractivity contribution in [1.82, 2.24) is 0 Å². The fourth-order valence-electron chi connectivity index (χ4n) is 2.43. The Morgan fingerprint density at radius 3 is 2.42 bits per heavy atom. The van der Waals surface area contributed by atoms with Crippen LogP contribution < -0.4 is 5.32 Å². The molecule has 96 valence electrons. The lowest BCUT2D eigenvalue weighted by Crippen LogP contribution is -2.14. The third kappa shape index (κ3) is 2.68. The van der Waals surface area contributed by atoms with Crippen LogP contribution in [-0.2, 0) is 4.79 Å². The van der Waals surface area contributed by atoms with Crippen LogP contribution in [0.1, 0.15) is 23.5 Å². The number of hydrogen-bond donors (Lipinski definition) is 1. The lowest BCUT2D eigenvalue weighted by Gasteiger charge is -2.05. The first-order chi connectivity index (χ1) is 9.24. The first-order valence-electron chi connectivity index (χ1n) is 6.66. The smallest absolute Gasteiger partial charge is 0.228 e. The topological polar surface area (TPSA) is 29.1 Å². The third-order valence-electron chi connectivity index (χ3n) is 3.67. The Labute approximate surface area is 113 Å². The van der Waals surface area contributed by atoms with E-state index in [9.17, 15) is 4.79 Å². The Kier molecular flexibility index (Phi) is 3.08. The first kappa shape index (κ1) is 12.0. The molecule has 1 aliphatic rings. The van der Waals surface area contributed by atoms with E-state index in [4.69, 9.17) is 0 Å². The molecule has 0 aliphatic heterocycles. The number of carbonyl (C=O) groups is 1. The number of anilines is 1. The van der Waals surface area contributed by atoms with Crippen LogP contribution in [0.2, 0.25) is 0 Å². The number of aryl methyl sites for hydroxylation is 1. The summed E-state index contributed by atoms with van der Waals surface area (Å²) in [6, 6.07) is 18.2. The van der Waals surface area contributed by atoms with E-state index in [1.165, 1.54) is 11.1 Å². The molecule has 1 saturated carbocycles. The van der Waals surface area contributed by atoms with Gasteiger partial charge in [0, 0.05) is 11.6 Å². The summed E-state index contributed by atoms with van der Waals surface area (Å²) in [5.74, 6) is 0.660. The van der Waals surface area contributed by atoms with Crippen LogP contribution in [0.15, 0.2) is 54.6 Å². The molecule has 0 aromatic heterocycles. The number of hydrogen-bond acceptors (Lipinski definition) is 1. The predicted molar refractivity (Wildman–Crippen MR) is 77.1 cm³/mol. The van der Waals surface area contributed by atoms with Crippen molar-refractivity contribution in [3.8, 4) is 0 Å². The molecule has 2 heteroatoms. The highest BCUT2D eigenvalue weighted by molar-refractivity contribution is 5.95. The minimum atomic E-state index is 0.128. The monoisotopic (exact) mass is 251 g/mol. The second-order valence-corrected chi connectivity index (χ2v) is 5.21. The Morgan fingerprint density at radius 1 is 1.05 bits per heavy atom. The molecule has 0 unspecified atom stereocenters. The number of amides is 1. The maximum Gasteiger partial charge on any atom is 0.228 e. The van der Waals surface area contributed by atoms with Crippen molar-refractivity contribution in [3.63, 3.8) is 0 Å². The molecule has 0 radical (unpaired) electrons. The first-order valence-corrected chi connectivity index (χ1v) is 6.66. The zero-order valence-electron chi connectivity index (χ0n) is 11.0. The largest absolute Gasteiger partial charge is 0.326 e. The summed E-state index contributed by atoms with van der Waals surface area (Å²) in [5.41, 5.74) is 3.35. The van der Waals surface area contributed by atoms with Gasteiger partial charge in [0.2, 0.25) is 5.91 Å². The van der Waals surface area contributed by atoms with Gasteiger partial charge in [-0.25, -0.2) is 0 Å². The Hall–Kier alpha value is -2.09. The highest BCUT2D eigenvalue weighted by atomic mass is 16.2. The molecule has 2 atom stereocenters. The maximum absolute atomic E-state index is 12.1. The highest BCUT2D eigenvalue weighted by Gasteiger charge is 2.43. The van der Waals surface area contributed by atoms with E-state index in [1.54, 1.807) is 0 Å². The summed E-state index contributed by atoms with van der Waals surface area (Å²) in [6.07, 6.45) is 0.960. The summed E-state index contributed by atoms with van der Waals surface area (Å²) in [6.45, 7) is 2.04. The van der Waals surface area contributed by atoms with Crippen molar-refractivity contribution in [2.24, 2.45) is 5.92 Å². The van der Waals surface area contributed by atoms with Crippen molar-refractivity contribution in [2.75, 3.05) is 5.32 Å². The van der Waals surface area contributed by atoms with E-state index in [0.717, 1.165) is 12.1 Å². The average Bonchev–Trinajstić information content (AvgIpc) is 3.23. The second kappa shape index (κ2) is 4.88. The van der Waals surface area contributed by atoms with Gasteiger partial charge in [0.15, 0.2) is 0 Å². The number of benzene rings is 2. The van der Waals surface area contributed by atoms with E-state index < -0.39 is 0 Å². The molecule has 2 aromatic carbocycles. The highest BCUT2D eigenvalue weighted by Crippen LogP contribution is 2.47. The predicted octanol–water partition coefficient (Wildman–Crippen LogP) is 3.74. The molecule has 0 spiro atoms. The van der Waals surface area contributed by atoms with Gasteiger partial charge in [0.05, 0.1) is 0 Å². The number of rotatable bonds is 3. The minimum absolute atomic E-state index is 0.128. The summed E-state index contributed by atoms with van der Waals surface area (Å²) < 4.78 is 0. The molecule has 1 fully saturated rings. The minimum Gasteiger partial charge on any atom is -0.326 e. The van der Waals surface area contributed by atoms with Gasteiger partial charge in [-0.15, -0.1) is 0 Å². The quantitative estimate of drug-likeness (QED) is 0.884. The van der Waals surface area contributed by atoms with Gasteiger partial charge in [-0.1, -0.05) is 48.0 Å². The van der Waals surface area contributed by atoms with Gasteiger partial charge in [0.25, 0.3) is 0 Å². The van der Waals surface area contributed by atoms with Crippen molar-refractivity contribution >= 4 is 11.6 Å². The standard InChI is InChI=1S/C17H17NO/c1-12-7-9-14(10-8-12)18-17(19)16-11-15(16)13-5-3-2-4-6-13/h2-10,15-16H,11H2,1H3,(H,18,19)/t15-,16-/m0/s1. The van der Waals surface area contributed by atoms with E-state index in [0.29, 0.717) is 5.92 Å². The fourth-order valence-corrected chi connectivity index (χ4v) is 2.43. The zero-order chi connectivity index (χ0) is 13.2. The van der Waals surface area contributed by atoms with Crippen molar-refractivity contribution in [1.29, 1.82) is 0 Å². The van der Waals surface area contributed by atoms with Crippen molar-refractivity contribution in [3.05, 3.63) is 65.7 Å². The SMILES string of the molecule is Cc1ccc(NC(=O)[C@H]2C[C@H]2c2ccccc2)cc1. The van der Waals surface area contributed by atoms with E-state index >= 15 is 0 Å². The molecule has 1 N–H and O–H groups in total. The van der Waals surface area contributed by atoms with Gasteiger partial charge >= 0.3 is 0 Å². The van der Waals surface area contributed by atoms with Gasteiger partial charge < -0.3 is 5.32 Å². The van der Waals surface area contributed by atoms with Gasteiger partial charge in [-0.05, 0) is 37.0 Å². The van der Waals surface area contributed by atoms with E-state index in [1.807, 2.05) is 49.4 Å². The normalized spacial score (nSPS) is 20.9. The summed E-state index contributed by atoms with van der Waals surface area (Å²) >= 11 is 0. The average molecular weight is 251 g/mol. The van der Waals surface area contributed by atoms with Crippen LogP contribution in [0, 0.1) is 12.8 Å². The van der Waals surface area contributed by atoms with Crippen LogP contribution in [0.4, 0.5) is 5.69 Å².